The predicted molar refractivity (Wildman–Crippen MR) is 564 cm³/mol. The zero-order chi connectivity index (χ0) is 92.5. The second-order valence-corrected chi connectivity index (χ2v) is 37.6. The largest absolute Gasteiger partial charge is 0.293 e. The zero-order valence-electron chi connectivity index (χ0n) is 76.9. The molecule has 8 aromatic heterocycles. The highest BCUT2D eigenvalue weighted by atomic mass is 15.1. The second-order valence-electron chi connectivity index (χ2n) is 37.6. The normalized spacial score (nSPS) is 13.2. The van der Waals surface area contributed by atoms with Gasteiger partial charge in [-0.1, -0.05) is 387 Å². The third-order valence-corrected chi connectivity index (χ3v) is 28.4. The number of benzene rings is 16. The average molecular weight is 1770 g/mol. The van der Waals surface area contributed by atoms with Crippen molar-refractivity contribution in [3.63, 3.8) is 0 Å². The van der Waals surface area contributed by atoms with Crippen LogP contribution in [0, 0.1) is 0 Å². The number of para-hydroxylation sites is 3. The molecule has 8 heterocycles. The van der Waals surface area contributed by atoms with Crippen LogP contribution >= 0.6 is 0 Å². The standard InChI is InChI=1S/C44H32N2.2C41H29N5/c1-44(2)39-19-11-9-17-35(39)37-22-23-38-36-18-10-12-20-40(36)46(43(38)42(37)44)41-24-21-31(28-45-41)34-26-32(29-13-5-3-6-14-29)25-33(27-34)30-15-7-4-8-16-30;1-41(2)33-19-11-9-17-29(33)31-22-23-32-30-18-10-12-20-34(30)46(37(32)36(31)41)35-24-21-28(25-42-35)40-44-38(26-13-5-3-6-14-26)43-39(45-40)27-15-7-4-8-16-27;1-41(2)32-19-11-9-17-28(32)30-21-22-31-29-18-10-12-20-36(29)46(39(31)38(30)41)37-25-42-35(24-43-37)40-44-33(26-13-5-3-6-14-26)23-34(45-40)27-15-7-4-8-16-27/h3-28H,1-2H3;2*3-25H,1-2H3. The van der Waals surface area contributed by atoms with Crippen molar-refractivity contribution < 1.29 is 0 Å². The molecule has 3 aliphatic rings. The van der Waals surface area contributed by atoms with Crippen LogP contribution in [0.3, 0.4) is 0 Å². The topological polar surface area (TPSA) is 131 Å². The fraction of sp³-hybridized carbons (Fsp3) is 0.0714. The summed E-state index contributed by atoms with van der Waals surface area (Å²) in [5.74, 6) is 4.94. The van der Waals surface area contributed by atoms with Gasteiger partial charge in [-0.2, -0.15) is 0 Å². The van der Waals surface area contributed by atoms with Crippen molar-refractivity contribution in [1.29, 1.82) is 0 Å². The van der Waals surface area contributed by atoms with E-state index < -0.39 is 0 Å². The zero-order valence-corrected chi connectivity index (χ0v) is 76.9. The van der Waals surface area contributed by atoms with E-state index in [1.54, 1.807) is 6.20 Å². The molecule has 0 amide bonds. The predicted octanol–water partition coefficient (Wildman–Crippen LogP) is 30.8. The molecule has 12 nitrogen and oxygen atoms in total. The van der Waals surface area contributed by atoms with Crippen molar-refractivity contribution in [2.24, 2.45) is 0 Å². The molecule has 0 bridgehead atoms. The summed E-state index contributed by atoms with van der Waals surface area (Å²) in [5, 5.41) is 7.39. The van der Waals surface area contributed by atoms with E-state index >= 15 is 0 Å². The van der Waals surface area contributed by atoms with Gasteiger partial charge >= 0.3 is 0 Å². The van der Waals surface area contributed by atoms with Gasteiger partial charge in [-0.25, -0.2) is 44.9 Å². The third-order valence-electron chi connectivity index (χ3n) is 28.4. The van der Waals surface area contributed by atoms with Crippen LogP contribution in [-0.2, 0) is 16.2 Å². The van der Waals surface area contributed by atoms with Crippen LogP contribution in [0.25, 0.3) is 218 Å². The first kappa shape index (κ1) is 82.3. The molecule has 12 heteroatoms. The summed E-state index contributed by atoms with van der Waals surface area (Å²) in [4.78, 5) is 44.9. The summed E-state index contributed by atoms with van der Waals surface area (Å²) in [6, 6.07) is 145. The highest BCUT2D eigenvalue weighted by Gasteiger charge is 2.42. The highest BCUT2D eigenvalue weighted by molar-refractivity contribution is 6.16. The molecule has 24 aromatic rings. The van der Waals surface area contributed by atoms with Crippen LogP contribution in [0.2, 0.25) is 0 Å². The molecular weight excluding hydrogens is 1680 g/mol. The minimum absolute atomic E-state index is 0.136. The lowest BCUT2D eigenvalue weighted by molar-refractivity contribution is 0.663. The lowest BCUT2D eigenvalue weighted by Crippen LogP contribution is -2.16. The summed E-state index contributed by atoms with van der Waals surface area (Å²) >= 11 is 0. The molecule has 0 radical (unpaired) electrons. The van der Waals surface area contributed by atoms with E-state index in [2.05, 4.69) is 365 Å². The fourth-order valence-corrected chi connectivity index (χ4v) is 21.9. The molecule has 0 unspecified atom stereocenters. The van der Waals surface area contributed by atoms with E-state index in [0.717, 1.165) is 78.8 Å². The maximum absolute atomic E-state index is 5.19. The third kappa shape index (κ3) is 13.7. The lowest BCUT2D eigenvalue weighted by Gasteiger charge is -2.23. The van der Waals surface area contributed by atoms with Gasteiger partial charge in [-0.15, -0.1) is 0 Å². The molecule has 138 heavy (non-hydrogen) atoms. The number of hydrogen-bond acceptors (Lipinski definition) is 9. The number of aromatic nitrogens is 12. The monoisotopic (exact) mass is 1770 g/mol. The second kappa shape index (κ2) is 32.9. The quantitative estimate of drug-likeness (QED) is 0.117. The van der Waals surface area contributed by atoms with Gasteiger partial charge in [0.2, 0.25) is 0 Å². The van der Waals surface area contributed by atoms with Crippen LogP contribution in [-0.4, -0.2) is 58.6 Å². The first-order valence-corrected chi connectivity index (χ1v) is 47.1. The SMILES string of the molecule is CC1(C)c2ccccc2-c2ccc3c4ccccc4n(-c4ccc(-c5cc(-c6ccccc6)cc(-c6ccccc6)c5)cn4)c3c21.CC1(C)c2ccccc2-c2ccc3c4ccccc4n(-c4ccc(-c5nc(-c6ccccc6)nc(-c6ccccc6)n5)cn4)c3c21.CC1(C)c2ccccc2-c2ccc3c4ccccc4n(-c4cnc(-c5nc(-c6ccccc6)cc(-c6ccccc6)n5)cn4)c3c21. The Morgan fingerprint density at radius 2 is 0.486 bits per heavy atom. The van der Waals surface area contributed by atoms with Gasteiger partial charge in [-0.05, 0) is 161 Å². The average Bonchev–Trinajstić information content (AvgIpc) is 1.55. The van der Waals surface area contributed by atoms with Crippen molar-refractivity contribution >= 4 is 65.4 Å². The van der Waals surface area contributed by atoms with Crippen molar-refractivity contribution in [3.05, 3.63) is 471 Å². The van der Waals surface area contributed by atoms with Crippen molar-refractivity contribution in [2.75, 3.05) is 0 Å². The van der Waals surface area contributed by atoms with E-state index in [1.807, 2.05) is 122 Å². The molecule has 3 aliphatic carbocycles. The number of fused-ring (bicyclic) bond motifs is 21. The Morgan fingerprint density at radius 3 is 0.841 bits per heavy atom. The Morgan fingerprint density at radius 1 is 0.181 bits per heavy atom. The van der Waals surface area contributed by atoms with Gasteiger partial charge in [-0.3, -0.25) is 13.7 Å². The first-order valence-electron chi connectivity index (χ1n) is 47.1. The van der Waals surface area contributed by atoms with Gasteiger partial charge in [0.25, 0.3) is 0 Å². The Bertz CT molecular complexity index is 7920. The molecule has 0 saturated heterocycles. The number of hydrogen-bond donors (Lipinski definition) is 0. The number of rotatable bonds is 12. The van der Waals surface area contributed by atoms with E-state index in [-0.39, 0.29) is 16.2 Å². The van der Waals surface area contributed by atoms with Gasteiger partial charge in [0.05, 0.1) is 56.9 Å². The molecule has 0 fully saturated rings. The van der Waals surface area contributed by atoms with Crippen LogP contribution in [0.1, 0.15) is 74.9 Å². The minimum Gasteiger partial charge on any atom is -0.293 e. The smallest absolute Gasteiger partial charge is 0.180 e. The summed E-state index contributed by atoms with van der Waals surface area (Å²) in [6.07, 6.45) is 7.59. The van der Waals surface area contributed by atoms with E-state index in [9.17, 15) is 0 Å². The van der Waals surface area contributed by atoms with Crippen LogP contribution in [0.15, 0.2) is 437 Å². The van der Waals surface area contributed by atoms with E-state index in [4.69, 9.17) is 44.9 Å². The van der Waals surface area contributed by atoms with E-state index in [0.29, 0.717) is 29.0 Å². The number of pyridine rings is 2. The van der Waals surface area contributed by atoms with E-state index in [1.165, 1.54) is 143 Å². The van der Waals surface area contributed by atoms with Gasteiger partial charge in [0.15, 0.2) is 29.1 Å². The Hall–Kier alpha value is -17.6. The maximum Gasteiger partial charge on any atom is 0.180 e. The summed E-state index contributed by atoms with van der Waals surface area (Å²) < 4.78 is 7.00. The molecule has 0 aliphatic heterocycles. The summed E-state index contributed by atoms with van der Waals surface area (Å²) in [6.45, 7) is 14.1. The Labute approximate surface area is 799 Å². The van der Waals surface area contributed by atoms with Gasteiger partial charge in [0, 0.05) is 94.3 Å². The first-order chi connectivity index (χ1) is 67.7. The molecule has 0 N–H and O–H groups in total. The minimum atomic E-state index is -0.176. The van der Waals surface area contributed by atoms with Gasteiger partial charge in [0.1, 0.15) is 17.3 Å². The molecule has 654 valence electrons. The molecule has 16 aromatic carbocycles. The Kier molecular flexibility index (Phi) is 19.6. The van der Waals surface area contributed by atoms with Crippen molar-refractivity contribution in [2.45, 2.75) is 57.8 Å². The lowest BCUT2D eigenvalue weighted by atomic mass is 9.81. The van der Waals surface area contributed by atoms with Crippen molar-refractivity contribution in [1.82, 2.24) is 58.6 Å². The number of nitrogens with zero attached hydrogens (tertiary/aromatic N) is 12. The van der Waals surface area contributed by atoms with Crippen LogP contribution in [0.4, 0.5) is 0 Å². The molecular formula is C126H90N12. The summed E-state index contributed by atoms with van der Waals surface area (Å²) in [7, 11) is 0. The maximum atomic E-state index is 5.19. The van der Waals surface area contributed by atoms with Crippen molar-refractivity contribution in [3.8, 4) is 152 Å². The molecule has 0 atom stereocenters. The Balaban J connectivity index is 0.000000110. The van der Waals surface area contributed by atoms with Gasteiger partial charge < -0.3 is 0 Å². The fourth-order valence-electron chi connectivity index (χ4n) is 21.9. The van der Waals surface area contributed by atoms with Crippen LogP contribution < -0.4 is 0 Å². The molecule has 0 saturated carbocycles. The molecule has 0 spiro atoms. The molecule has 27 rings (SSSR count). The summed E-state index contributed by atoms with van der Waals surface area (Å²) in [5.41, 5.74) is 36.6. The van der Waals surface area contributed by atoms with Crippen LogP contribution in [0.5, 0.6) is 0 Å². The highest BCUT2D eigenvalue weighted by Crippen LogP contribution is 2.57.